The highest BCUT2D eigenvalue weighted by molar-refractivity contribution is 6.32. The van der Waals surface area contributed by atoms with E-state index in [0.717, 1.165) is 96.4 Å². The van der Waals surface area contributed by atoms with Crippen LogP contribution in [0.25, 0.3) is 54.6 Å². The van der Waals surface area contributed by atoms with Crippen LogP contribution in [0.4, 0.5) is 0 Å². The molecule has 228 valence electrons. The molecule has 4 heterocycles. The quantitative estimate of drug-likeness (QED) is 0.185. The van der Waals surface area contributed by atoms with E-state index < -0.39 is 0 Å². The average molecular weight is 648 g/mol. The number of fused-ring (bicyclic) bond motifs is 10. The van der Waals surface area contributed by atoms with Gasteiger partial charge in [-0.2, -0.15) is 0 Å². The molecular formula is C37H28Cl2N4O3. The average Bonchev–Trinajstić information content (AvgIpc) is 3.82. The minimum absolute atomic E-state index is 0.209. The van der Waals surface area contributed by atoms with E-state index in [0.29, 0.717) is 35.4 Å². The molecule has 0 bridgehead atoms. The molecule has 0 unspecified atom stereocenters. The monoisotopic (exact) mass is 646 g/mol. The van der Waals surface area contributed by atoms with Crippen molar-refractivity contribution in [3.8, 4) is 17.0 Å². The number of carbonyl (C=O) groups excluding carboxylic acids is 2. The van der Waals surface area contributed by atoms with Gasteiger partial charge in [0.2, 0.25) is 0 Å². The van der Waals surface area contributed by atoms with Crippen LogP contribution in [0.2, 0.25) is 10.2 Å². The van der Waals surface area contributed by atoms with E-state index in [9.17, 15) is 9.59 Å². The van der Waals surface area contributed by atoms with Crippen molar-refractivity contribution < 1.29 is 14.3 Å². The van der Waals surface area contributed by atoms with E-state index in [1.165, 1.54) is 0 Å². The number of H-pyrrole nitrogens is 2. The molecule has 2 aliphatic rings. The number of Topliss-reactive ketones (excluding diaryl/α,β-unsaturated/α-hetero) is 2. The SMILES string of the molecule is CCCOc1ccc(-c2cc3c(ccc4c5c([nH]c43)CCC5=O)cn2)cc1Cl.O=C1CCc2nc3c(ccc4c[nH]c(Cl)cc43)c21. The Bertz CT molecular complexity index is 2390. The fourth-order valence-corrected chi connectivity index (χ4v) is 7.08. The highest BCUT2D eigenvalue weighted by Crippen LogP contribution is 2.37. The lowest BCUT2D eigenvalue weighted by atomic mass is 10.0. The molecule has 0 radical (unpaired) electrons. The van der Waals surface area contributed by atoms with Gasteiger partial charge in [0.05, 0.1) is 34.1 Å². The number of ketones is 2. The van der Waals surface area contributed by atoms with Gasteiger partial charge in [-0.15, -0.1) is 0 Å². The van der Waals surface area contributed by atoms with Gasteiger partial charge < -0.3 is 14.7 Å². The van der Waals surface area contributed by atoms with Crippen LogP contribution in [0.15, 0.2) is 67.0 Å². The minimum Gasteiger partial charge on any atom is -0.492 e. The van der Waals surface area contributed by atoms with Crippen LogP contribution in [0.3, 0.4) is 0 Å². The summed E-state index contributed by atoms with van der Waals surface area (Å²) in [5, 5.41) is 7.27. The number of pyridine rings is 2. The Morgan fingerprint density at radius 3 is 2.48 bits per heavy atom. The number of aromatic nitrogens is 4. The van der Waals surface area contributed by atoms with Gasteiger partial charge in [0, 0.05) is 79.9 Å². The highest BCUT2D eigenvalue weighted by Gasteiger charge is 2.27. The van der Waals surface area contributed by atoms with Gasteiger partial charge in [-0.05, 0) is 49.6 Å². The number of halogens is 2. The summed E-state index contributed by atoms with van der Waals surface area (Å²) in [7, 11) is 0. The number of ether oxygens (including phenoxy) is 1. The van der Waals surface area contributed by atoms with Crippen molar-refractivity contribution in [1.82, 2.24) is 19.9 Å². The van der Waals surface area contributed by atoms with Crippen LogP contribution in [-0.2, 0) is 12.8 Å². The van der Waals surface area contributed by atoms with Crippen molar-refractivity contribution in [2.45, 2.75) is 39.0 Å². The van der Waals surface area contributed by atoms with Crippen molar-refractivity contribution in [2.75, 3.05) is 6.61 Å². The van der Waals surface area contributed by atoms with Crippen LogP contribution in [0.5, 0.6) is 5.75 Å². The summed E-state index contributed by atoms with van der Waals surface area (Å²) >= 11 is 12.4. The zero-order valence-corrected chi connectivity index (χ0v) is 26.5. The molecule has 0 fully saturated rings. The zero-order chi connectivity index (χ0) is 31.5. The molecule has 0 atom stereocenters. The van der Waals surface area contributed by atoms with E-state index in [-0.39, 0.29) is 11.6 Å². The number of aromatic amines is 2. The number of benzene rings is 3. The molecule has 46 heavy (non-hydrogen) atoms. The molecule has 3 aromatic carbocycles. The molecule has 0 spiro atoms. The molecule has 0 aliphatic heterocycles. The molecule has 9 heteroatoms. The molecular weight excluding hydrogens is 619 g/mol. The van der Waals surface area contributed by atoms with Gasteiger partial charge in [0.25, 0.3) is 0 Å². The normalized spacial score (nSPS) is 13.9. The van der Waals surface area contributed by atoms with Gasteiger partial charge >= 0.3 is 0 Å². The van der Waals surface area contributed by atoms with Crippen LogP contribution in [-0.4, -0.2) is 38.1 Å². The Morgan fingerprint density at radius 1 is 0.826 bits per heavy atom. The van der Waals surface area contributed by atoms with Crippen LogP contribution < -0.4 is 4.74 Å². The molecule has 7 nitrogen and oxygen atoms in total. The summed E-state index contributed by atoms with van der Waals surface area (Å²) in [6, 6.07) is 17.7. The summed E-state index contributed by atoms with van der Waals surface area (Å²) in [5.41, 5.74) is 7.33. The summed E-state index contributed by atoms with van der Waals surface area (Å²) in [6.07, 6.45) is 7.40. The number of hydrogen-bond donors (Lipinski definition) is 2. The number of aryl methyl sites for hydroxylation is 2. The van der Waals surface area contributed by atoms with Crippen molar-refractivity contribution in [1.29, 1.82) is 0 Å². The summed E-state index contributed by atoms with van der Waals surface area (Å²) in [4.78, 5) is 39.8. The summed E-state index contributed by atoms with van der Waals surface area (Å²) in [6.45, 7) is 2.70. The molecule has 2 N–H and O–H groups in total. The lowest BCUT2D eigenvalue weighted by Gasteiger charge is -2.09. The van der Waals surface area contributed by atoms with Crippen molar-refractivity contribution in [3.63, 3.8) is 0 Å². The summed E-state index contributed by atoms with van der Waals surface area (Å²) in [5.74, 6) is 1.12. The molecule has 0 saturated heterocycles. The molecule has 0 amide bonds. The van der Waals surface area contributed by atoms with Crippen molar-refractivity contribution in [2.24, 2.45) is 0 Å². The Labute approximate surface area is 273 Å². The van der Waals surface area contributed by atoms with Gasteiger partial charge in [-0.3, -0.25) is 19.6 Å². The van der Waals surface area contributed by atoms with E-state index in [2.05, 4.69) is 32.9 Å². The first kappa shape index (κ1) is 28.7. The third-order valence-corrected chi connectivity index (χ3v) is 9.39. The topological polar surface area (TPSA) is 101 Å². The minimum atomic E-state index is 0.209. The smallest absolute Gasteiger partial charge is 0.165 e. The third-order valence-electron chi connectivity index (χ3n) is 8.88. The Hall–Kier alpha value is -4.72. The van der Waals surface area contributed by atoms with Gasteiger partial charge in [0.1, 0.15) is 10.9 Å². The zero-order valence-electron chi connectivity index (χ0n) is 25.0. The first-order valence-corrected chi connectivity index (χ1v) is 16.2. The van der Waals surface area contributed by atoms with E-state index in [1.807, 2.05) is 60.9 Å². The van der Waals surface area contributed by atoms with Crippen molar-refractivity contribution in [3.05, 3.63) is 99.7 Å². The Balaban J connectivity index is 0.000000149. The maximum absolute atomic E-state index is 12.3. The number of carbonyl (C=O) groups is 2. The van der Waals surface area contributed by atoms with Gasteiger partial charge in [0.15, 0.2) is 11.6 Å². The van der Waals surface area contributed by atoms with E-state index in [4.69, 9.17) is 27.9 Å². The number of rotatable bonds is 4. The predicted molar refractivity (Wildman–Crippen MR) is 184 cm³/mol. The van der Waals surface area contributed by atoms with Crippen molar-refractivity contribution >= 4 is 78.1 Å². The first-order valence-electron chi connectivity index (χ1n) is 15.4. The predicted octanol–water partition coefficient (Wildman–Crippen LogP) is 9.45. The van der Waals surface area contributed by atoms with Gasteiger partial charge in [-0.25, -0.2) is 0 Å². The van der Waals surface area contributed by atoms with Crippen LogP contribution in [0, 0.1) is 0 Å². The maximum Gasteiger partial charge on any atom is 0.165 e. The molecule has 9 rings (SSSR count). The molecule has 0 saturated carbocycles. The standard InChI is InChI=1S/C23H19ClN2O2.C14H9ClN2O/c1-2-9-28-21-8-4-13(10-17(21)24)19-11-16-14(12-25-19)3-5-15-22-18(26-23(15)16)6-7-20(22)27;15-12-5-9-7(6-16-12)1-2-8-13-10(17-14(8)9)3-4-11(13)18/h3-5,8,10-12,26H,2,6-7,9H2,1H3;1-2,5-6,16H,3-4H2. The highest BCUT2D eigenvalue weighted by atomic mass is 35.5. The lowest BCUT2D eigenvalue weighted by molar-refractivity contribution is 0.0988. The maximum atomic E-state index is 12.3. The Morgan fingerprint density at radius 2 is 1.63 bits per heavy atom. The van der Waals surface area contributed by atoms with Crippen LogP contribution >= 0.6 is 23.2 Å². The molecule has 2 aliphatic carbocycles. The lowest BCUT2D eigenvalue weighted by Crippen LogP contribution is -1.95. The summed E-state index contributed by atoms with van der Waals surface area (Å²) < 4.78 is 5.66. The second-order valence-corrected chi connectivity index (χ2v) is 12.6. The first-order chi connectivity index (χ1) is 22.4. The van der Waals surface area contributed by atoms with E-state index in [1.54, 1.807) is 0 Å². The number of nitrogens with one attached hydrogen (secondary N) is 2. The molecule has 7 aromatic rings. The van der Waals surface area contributed by atoms with Crippen LogP contribution in [0.1, 0.15) is 58.3 Å². The Kier molecular flexibility index (Phi) is 7.04. The second kappa shape index (κ2) is 11.3. The number of nitrogens with zero attached hydrogens (tertiary/aromatic N) is 2. The fourth-order valence-electron chi connectivity index (χ4n) is 6.69. The molecule has 4 aromatic heterocycles. The van der Waals surface area contributed by atoms with Gasteiger partial charge in [-0.1, -0.05) is 54.4 Å². The fraction of sp³-hybridized carbons (Fsp3) is 0.189. The van der Waals surface area contributed by atoms with E-state index >= 15 is 0 Å². The second-order valence-electron chi connectivity index (χ2n) is 11.8. The third kappa shape index (κ3) is 4.73. The largest absolute Gasteiger partial charge is 0.492 e. The number of hydrogen-bond acceptors (Lipinski definition) is 5.